The van der Waals surface area contributed by atoms with E-state index in [4.69, 9.17) is 41.7 Å². The number of hydrogen-bond acceptors (Lipinski definition) is 19. The highest BCUT2D eigenvalue weighted by atomic mass is 31.2. The van der Waals surface area contributed by atoms with Crippen molar-refractivity contribution in [3.05, 3.63) is 39.4 Å². The summed E-state index contributed by atoms with van der Waals surface area (Å²) < 4.78 is 61.2. The Labute approximate surface area is 498 Å². The summed E-state index contributed by atoms with van der Waals surface area (Å²) in [5, 5.41) is 20.7. The number of anilines is 1. The fraction of sp³-hybridized carbons (Fsp3) is 0.768. The van der Waals surface area contributed by atoms with Crippen molar-refractivity contribution in [2.75, 3.05) is 18.5 Å². The molecule has 10 atom stereocenters. The quantitative estimate of drug-likeness (QED) is 0.0327. The van der Waals surface area contributed by atoms with Gasteiger partial charge in [-0.3, -0.25) is 23.7 Å². The minimum atomic E-state index is -2.37. The van der Waals surface area contributed by atoms with Crippen LogP contribution in [0.4, 0.5) is 11.8 Å². The van der Waals surface area contributed by atoms with Gasteiger partial charge in [0.25, 0.3) is 22.6 Å². The van der Waals surface area contributed by atoms with Crippen molar-refractivity contribution in [3.63, 3.8) is 0 Å². The molecule has 27 heteroatoms. The van der Waals surface area contributed by atoms with Gasteiger partial charge in [-0.2, -0.15) is 20.5 Å². The Kier molecular flexibility index (Phi) is 26.6. The number of fused-ring (bicyclic) bond motifs is 1. The fourth-order valence-electron chi connectivity index (χ4n) is 9.08. The monoisotopic (exact) mass is 1230 g/mol. The zero-order valence-corrected chi connectivity index (χ0v) is 57.5. The van der Waals surface area contributed by atoms with E-state index in [9.17, 15) is 19.6 Å². The molecule has 83 heavy (non-hydrogen) atoms. The van der Waals surface area contributed by atoms with Crippen molar-refractivity contribution in [1.29, 1.82) is 10.5 Å². The number of amides is 1. The third-order valence-electron chi connectivity index (χ3n) is 15.0. The number of aromatic nitrogens is 6. The number of carbonyl (C=O) groups is 1. The summed E-state index contributed by atoms with van der Waals surface area (Å²) in [6, 6.07) is 6.40. The van der Waals surface area contributed by atoms with E-state index in [1.54, 1.807) is 23.2 Å². The summed E-state index contributed by atoms with van der Waals surface area (Å²) >= 11 is 0. The van der Waals surface area contributed by atoms with E-state index in [0.29, 0.717) is 18.5 Å². The molecule has 5 heterocycles. The number of nitrogens with zero attached hydrogens (tertiary/aromatic N) is 10. The van der Waals surface area contributed by atoms with Crippen molar-refractivity contribution < 1.29 is 41.2 Å². The van der Waals surface area contributed by atoms with Gasteiger partial charge in [-0.05, 0) is 124 Å². The molecule has 5 rings (SSSR count). The van der Waals surface area contributed by atoms with Crippen LogP contribution in [-0.2, 0) is 41.2 Å². The molecule has 2 saturated heterocycles. The number of H-pyrrole nitrogens is 1. The minimum Gasteiger partial charge on any atom is -0.407 e. The highest BCUT2D eigenvalue weighted by Gasteiger charge is 2.55. The van der Waals surface area contributed by atoms with Crippen molar-refractivity contribution in [1.82, 2.24) is 38.4 Å². The molecule has 2 N–H and O–H groups in total. The van der Waals surface area contributed by atoms with Gasteiger partial charge in [0, 0.05) is 43.0 Å². The van der Waals surface area contributed by atoms with Gasteiger partial charge in [0.05, 0.1) is 56.7 Å². The first kappa shape index (κ1) is 71.7. The summed E-state index contributed by atoms with van der Waals surface area (Å²) in [5.74, 6) is 0.0651. The highest BCUT2D eigenvalue weighted by Crippen LogP contribution is 2.54. The van der Waals surface area contributed by atoms with Crippen molar-refractivity contribution in [2.24, 2.45) is 4.99 Å². The normalized spacial score (nSPS) is 22.3. The number of aromatic amines is 1. The van der Waals surface area contributed by atoms with Crippen LogP contribution < -0.4 is 16.6 Å². The largest absolute Gasteiger partial charge is 0.407 e. The molecule has 3 aromatic heterocycles. The van der Waals surface area contributed by atoms with Gasteiger partial charge in [-0.25, -0.2) is 24.1 Å². The van der Waals surface area contributed by atoms with E-state index in [0.717, 1.165) is 5.71 Å². The van der Waals surface area contributed by atoms with E-state index in [1.165, 1.54) is 11.5 Å². The van der Waals surface area contributed by atoms with Crippen molar-refractivity contribution in [3.8, 4) is 12.1 Å². The molecule has 2 fully saturated rings. The Morgan fingerprint density at radius 3 is 1.54 bits per heavy atom. The second-order valence-electron chi connectivity index (χ2n) is 25.3. The first-order valence-corrected chi connectivity index (χ1v) is 37.2. The Hall–Kier alpha value is -3.76. The topological polar surface area (TPSA) is 268 Å². The minimum absolute atomic E-state index is 0.0880. The Morgan fingerprint density at radius 2 is 1.18 bits per heavy atom. The molecule has 1 amide bonds. The maximum Gasteiger partial charge on any atom is 0.351 e. The first-order chi connectivity index (χ1) is 38.5. The Balaban J connectivity index is 0.000000357. The lowest BCUT2D eigenvalue weighted by Gasteiger charge is -2.42. The molecule has 0 radical (unpaired) electrons. The van der Waals surface area contributed by atoms with Crippen LogP contribution in [0.1, 0.15) is 170 Å². The van der Waals surface area contributed by atoms with Crippen LogP contribution in [0.15, 0.2) is 33.2 Å². The molecular weight excluding hydrogens is 1130 g/mol. The van der Waals surface area contributed by atoms with E-state index in [1.807, 2.05) is 20.8 Å². The van der Waals surface area contributed by atoms with Gasteiger partial charge in [-0.15, -0.1) is 0 Å². The number of nitriles is 2. The molecular formula is C56H98N12O11P2Si2. The fourth-order valence-corrected chi connectivity index (χ4v) is 15.2. The lowest BCUT2D eigenvalue weighted by molar-refractivity contribution is -0.114. The summed E-state index contributed by atoms with van der Waals surface area (Å²) in [5.41, 5.74) is 0.393. The second kappa shape index (κ2) is 30.7. The SMILES string of the molecule is CC[C@H]1O[C@@H](n2ccc(NC(C)=O)nc2=O)[C@@H](O[Si](C)(C)C(C)(C)C)C1OP(OCCC#N)N(C(C)C)C(C)C.CC[C@H]1O[C@@H](n2cnc3c(=O)[nH]c(N=C(C)C)nc32)[C@@H](O[Si](C)(C)C(C)(C)C)C1OP(OCCC#N)N(C(C)C)C(C)C. The zero-order chi connectivity index (χ0) is 62.7. The van der Waals surface area contributed by atoms with Gasteiger partial charge < -0.3 is 41.7 Å². The Bertz CT molecular complexity index is 2800. The van der Waals surface area contributed by atoms with Crippen LogP contribution >= 0.6 is 17.1 Å². The van der Waals surface area contributed by atoms with E-state index in [-0.39, 0.29) is 101 Å². The molecule has 3 aromatic rings. The van der Waals surface area contributed by atoms with E-state index in [2.05, 4.69) is 182 Å². The third-order valence-corrected chi connectivity index (χ3v) is 28.2. The molecule has 0 aromatic carbocycles. The maximum absolute atomic E-state index is 13.2. The summed E-state index contributed by atoms with van der Waals surface area (Å²) in [4.78, 5) is 57.8. The molecule has 0 bridgehead atoms. The van der Waals surface area contributed by atoms with Crippen LogP contribution in [0.5, 0.6) is 0 Å². The maximum atomic E-state index is 13.2. The van der Waals surface area contributed by atoms with E-state index >= 15 is 0 Å². The predicted octanol–water partition coefficient (Wildman–Crippen LogP) is 12.2. The van der Waals surface area contributed by atoms with Gasteiger partial charge in [0.15, 0.2) is 40.3 Å². The molecule has 2 aliphatic heterocycles. The van der Waals surface area contributed by atoms with Gasteiger partial charge >= 0.3 is 5.69 Å². The molecule has 466 valence electrons. The van der Waals surface area contributed by atoms with Gasteiger partial charge in [0.2, 0.25) is 11.9 Å². The number of nitrogens with one attached hydrogen (secondary N) is 2. The van der Waals surface area contributed by atoms with Gasteiger partial charge in [-0.1, -0.05) is 55.4 Å². The molecule has 2 aliphatic rings. The van der Waals surface area contributed by atoms with Gasteiger partial charge in [0.1, 0.15) is 30.2 Å². The Morgan fingerprint density at radius 1 is 0.747 bits per heavy atom. The zero-order valence-electron chi connectivity index (χ0n) is 53.8. The number of ether oxygens (including phenoxy) is 2. The first-order valence-electron chi connectivity index (χ1n) is 29.1. The molecule has 0 saturated carbocycles. The standard InChI is InChI=1S/C29H50N7O5PSi.C27H48N5O6PSi/c1-13-21-23(40-42(38-16-14-15-30)36(19(4)5)20(6)7)24(41-43(11,12)29(8,9)10)27(39-21)35-17-31-22-25(35)33-28(32-18(2)3)34-26(22)37;1-12-21-23(37-39(35-17-13-15-28)32(18(2)3)19(4)5)24(38-40(10,11)27(7,8)9)25(36-21)31-16-14-22(29-20(6)33)30-26(31)34/h17,19-21,23-24,27H,13-14,16H2,1-12H3,(H,33,34,37);14,16,18-19,21,23-25H,12-13,17H2,1-11H3,(H,29,30,33,34)/t21-,23?,24+,27-,42?;21-,23?,24+,25-,39?/m11/s1. The predicted molar refractivity (Wildman–Crippen MR) is 332 cm³/mol. The second-order valence-corrected chi connectivity index (χ2v) is 37.6. The molecule has 23 nitrogen and oxygen atoms in total. The molecule has 0 spiro atoms. The molecule has 4 unspecified atom stereocenters. The average Bonchev–Trinajstić information content (AvgIpc) is 4.20. The van der Waals surface area contributed by atoms with Crippen LogP contribution in [0.3, 0.4) is 0 Å². The summed E-state index contributed by atoms with van der Waals surface area (Å²) in [6.45, 7) is 48.2. The van der Waals surface area contributed by atoms with Crippen molar-refractivity contribution in [2.45, 2.75) is 267 Å². The third kappa shape index (κ3) is 18.6. The van der Waals surface area contributed by atoms with Crippen LogP contribution in [-0.4, -0.2) is 141 Å². The number of hydrogen-bond donors (Lipinski definition) is 2. The van der Waals surface area contributed by atoms with Crippen LogP contribution in [0.2, 0.25) is 36.3 Å². The average molecular weight is 1230 g/mol. The number of carbonyl (C=O) groups excluding carboxylic acids is 1. The smallest absolute Gasteiger partial charge is 0.351 e. The summed E-state index contributed by atoms with van der Waals surface area (Å²) in [7, 11) is -7.88. The summed E-state index contributed by atoms with van der Waals surface area (Å²) in [6.07, 6.45) is 0.578. The number of imidazole rings is 1. The van der Waals surface area contributed by atoms with Crippen LogP contribution in [0, 0.1) is 22.7 Å². The van der Waals surface area contributed by atoms with Crippen molar-refractivity contribution >= 4 is 68.2 Å². The lowest BCUT2D eigenvalue weighted by Crippen LogP contribution is -2.50. The number of rotatable bonds is 26. The molecule has 0 aliphatic carbocycles. The van der Waals surface area contributed by atoms with Crippen LogP contribution in [0.25, 0.3) is 11.2 Å². The number of aliphatic imine (C=N–C) groups is 1. The lowest BCUT2D eigenvalue weighted by atomic mass is 10.1. The highest BCUT2D eigenvalue weighted by molar-refractivity contribution is 7.44. The van der Waals surface area contributed by atoms with E-state index < -0.39 is 76.2 Å².